The highest BCUT2D eigenvalue weighted by Gasteiger charge is 2.19. The van der Waals surface area contributed by atoms with E-state index in [9.17, 15) is 0 Å². The normalized spacial score (nSPS) is 17.7. The first-order chi connectivity index (χ1) is 10.7. The van der Waals surface area contributed by atoms with Crippen molar-refractivity contribution in [1.82, 2.24) is 10.3 Å². The predicted molar refractivity (Wildman–Crippen MR) is 94.9 cm³/mol. The van der Waals surface area contributed by atoms with Gasteiger partial charge in [-0.05, 0) is 51.2 Å². The zero-order chi connectivity index (χ0) is 15.4. The minimum Gasteiger partial charge on any atom is -0.381 e. The summed E-state index contributed by atoms with van der Waals surface area (Å²) in [6.07, 6.45) is 3.49. The van der Waals surface area contributed by atoms with Gasteiger partial charge in [0.05, 0.1) is 15.6 Å². The fourth-order valence-electron chi connectivity index (χ4n) is 2.93. The van der Waals surface area contributed by atoms with Crippen molar-refractivity contribution < 1.29 is 4.74 Å². The third-order valence-electron chi connectivity index (χ3n) is 4.34. The number of hydrogen-bond acceptors (Lipinski definition) is 5. The largest absolute Gasteiger partial charge is 0.381 e. The summed E-state index contributed by atoms with van der Waals surface area (Å²) in [5, 5.41) is 6.98. The van der Waals surface area contributed by atoms with Crippen LogP contribution in [0.5, 0.6) is 0 Å². The van der Waals surface area contributed by atoms with Gasteiger partial charge in [-0.15, -0.1) is 22.7 Å². The van der Waals surface area contributed by atoms with Gasteiger partial charge in [0.2, 0.25) is 0 Å². The molecule has 2 aromatic rings. The van der Waals surface area contributed by atoms with Gasteiger partial charge >= 0.3 is 0 Å². The Hall–Kier alpha value is -0.750. The van der Waals surface area contributed by atoms with Gasteiger partial charge < -0.3 is 10.1 Å². The van der Waals surface area contributed by atoms with E-state index in [2.05, 4.69) is 41.7 Å². The summed E-state index contributed by atoms with van der Waals surface area (Å²) in [5.41, 5.74) is 1.13. The van der Waals surface area contributed by atoms with Crippen molar-refractivity contribution in [1.29, 1.82) is 0 Å². The van der Waals surface area contributed by atoms with Crippen LogP contribution in [0.3, 0.4) is 0 Å². The molecule has 0 amide bonds. The van der Waals surface area contributed by atoms with Crippen LogP contribution in [0.25, 0.3) is 10.6 Å². The highest BCUT2D eigenvalue weighted by molar-refractivity contribution is 7.16. The summed E-state index contributed by atoms with van der Waals surface area (Å²) in [6, 6.07) is 5.04. The molecule has 0 aromatic carbocycles. The van der Waals surface area contributed by atoms with Crippen molar-refractivity contribution in [3.05, 3.63) is 27.4 Å². The molecule has 120 valence electrons. The van der Waals surface area contributed by atoms with E-state index >= 15 is 0 Å². The van der Waals surface area contributed by atoms with Crippen LogP contribution >= 0.6 is 22.7 Å². The lowest BCUT2D eigenvalue weighted by Gasteiger charge is -2.28. The first-order valence-corrected chi connectivity index (χ1v) is 9.74. The summed E-state index contributed by atoms with van der Waals surface area (Å²) >= 11 is 3.59. The molecule has 22 heavy (non-hydrogen) atoms. The molecule has 0 saturated carbocycles. The maximum atomic E-state index is 5.44. The molecule has 0 radical (unpaired) electrons. The monoisotopic (exact) mass is 336 g/mol. The van der Waals surface area contributed by atoms with E-state index in [1.165, 1.54) is 22.6 Å². The lowest BCUT2D eigenvalue weighted by Crippen LogP contribution is -2.37. The van der Waals surface area contributed by atoms with Crippen LogP contribution in [-0.4, -0.2) is 30.8 Å². The van der Waals surface area contributed by atoms with Crippen LogP contribution < -0.4 is 5.32 Å². The fourth-order valence-corrected chi connectivity index (χ4v) is 4.59. The van der Waals surface area contributed by atoms with Gasteiger partial charge in [0.25, 0.3) is 0 Å². The summed E-state index contributed by atoms with van der Waals surface area (Å²) in [5.74, 6) is 0.769. The second-order valence-electron chi connectivity index (χ2n) is 5.96. The van der Waals surface area contributed by atoms with Gasteiger partial charge in [-0.1, -0.05) is 0 Å². The van der Waals surface area contributed by atoms with Crippen molar-refractivity contribution in [3.63, 3.8) is 0 Å². The first kappa shape index (κ1) is 16.1. The molecule has 0 spiro atoms. The molecule has 5 heteroatoms. The Bertz CT molecular complexity index is 587. The molecule has 0 unspecified atom stereocenters. The Morgan fingerprint density at radius 2 is 2.18 bits per heavy atom. The molecule has 1 saturated heterocycles. The molecule has 1 aliphatic heterocycles. The summed E-state index contributed by atoms with van der Waals surface area (Å²) in [6.45, 7) is 7.28. The van der Waals surface area contributed by atoms with Crippen LogP contribution in [0.4, 0.5) is 0 Å². The zero-order valence-corrected chi connectivity index (χ0v) is 14.9. The standard InChI is InChI=1S/C17H24N2OS2/c1-12(14-6-9-20-10-7-14)18-8-5-15-3-4-17(22-15)16-11-21-13(2)19-16/h3-4,11-12,14,18H,5-10H2,1-2H3/t12-/m1/s1. The summed E-state index contributed by atoms with van der Waals surface area (Å²) in [7, 11) is 0. The van der Waals surface area contributed by atoms with Crippen molar-refractivity contribution in [2.45, 2.75) is 39.2 Å². The molecule has 1 aliphatic rings. The van der Waals surface area contributed by atoms with E-state index in [-0.39, 0.29) is 0 Å². The van der Waals surface area contributed by atoms with E-state index in [1.807, 2.05) is 11.3 Å². The predicted octanol–water partition coefficient (Wildman–Crippen LogP) is 4.13. The molecule has 3 rings (SSSR count). The number of rotatable bonds is 6. The molecule has 3 nitrogen and oxygen atoms in total. The molecule has 3 heterocycles. The molecular weight excluding hydrogens is 312 g/mol. The van der Waals surface area contributed by atoms with Gasteiger partial charge in [0, 0.05) is 36.1 Å². The molecule has 0 bridgehead atoms. The van der Waals surface area contributed by atoms with E-state index in [0.29, 0.717) is 6.04 Å². The van der Waals surface area contributed by atoms with Gasteiger partial charge in [0.15, 0.2) is 0 Å². The second-order valence-corrected chi connectivity index (χ2v) is 8.19. The summed E-state index contributed by atoms with van der Waals surface area (Å²) < 4.78 is 5.44. The smallest absolute Gasteiger partial charge is 0.0914 e. The topological polar surface area (TPSA) is 34.2 Å². The van der Waals surface area contributed by atoms with Gasteiger partial charge in [-0.25, -0.2) is 4.98 Å². The van der Waals surface area contributed by atoms with Crippen LogP contribution in [0, 0.1) is 12.8 Å². The average Bonchev–Trinajstić information content (AvgIpc) is 3.17. The number of thiazole rings is 1. The van der Waals surface area contributed by atoms with E-state index in [1.54, 1.807) is 11.3 Å². The molecule has 1 fully saturated rings. The highest BCUT2D eigenvalue weighted by atomic mass is 32.1. The highest BCUT2D eigenvalue weighted by Crippen LogP contribution is 2.29. The van der Waals surface area contributed by atoms with Crippen LogP contribution in [0.2, 0.25) is 0 Å². The van der Waals surface area contributed by atoms with Crippen molar-refractivity contribution >= 4 is 22.7 Å². The number of nitrogens with zero attached hydrogens (tertiary/aromatic N) is 1. The Morgan fingerprint density at radius 1 is 1.36 bits per heavy atom. The number of hydrogen-bond donors (Lipinski definition) is 1. The van der Waals surface area contributed by atoms with Crippen molar-refractivity contribution in [3.8, 4) is 10.6 Å². The van der Waals surface area contributed by atoms with Gasteiger partial charge in [-0.3, -0.25) is 0 Å². The molecule has 1 N–H and O–H groups in total. The summed E-state index contributed by atoms with van der Waals surface area (Å²) in [4.78, 5) is 7.29. The second kappa shape index (κ2) is 7.68. The van der Waals surface area contributed by atoms with E-state index in [0.717, 1.165) is 42.8 Å². The number of ether oxygens (including phenoxy) is 1. The lowest BCUT2D eigenvalue weighted by atomic mass is 9.93. The van der Waals surface area contributed by atoms with Crippen molar-refractivity contribution in [2.75, 3.05) is 19.8 Å². The number of thiophene rings is 1. The number of aromatic nitrogens is 1. The van der Waals surface area contributed by atoms with E-state index in [4.69, 9.17) is 4.74 Å². The molecule has 2 aromatic heterocycles. The van der Waals surface area contributed by atoms with Crippen molar-refractivity contribution in [2.24, 2.45) is 5.92 Å². The van der Waals surface area contributed by atoms with Gasteiger partial charge in [0.1, 0.15) is 0 Å². The Labute approximate surface area is 140 Å². The number of aryl methyl sites for hydroxylation is 1. The Balaban J connectivity index is 1.46. The third-order valence-corrected chi connectivity index (χ3v) is 6.28. The maximum absolute atomic E-state index is 5.44. The quantitative estimate of drug-likeness (QED) is 0.861. The van der Waals surface area contributed by atoms with Crippen LogP contribution in [0.1, 0.15) is 29.7 Å². The maximum Gasteiger partial charge on any atom is 0.0914 e. The average molecular weight is 337 g/mol. The number of nitrogens with one attached hydrogen (secondary N) is 1. The molecule has 1 atom stereocenters. The van der Waals surface area contributed by atoms with E-state index < -0.39 is 0 Å². The SMILES string of the molecule is Cc1nc(-c2ccc(CCN[C@H](C)C3CCOCC3)s2)cs1. The molecule has 0 aliphatic carbocycles. The Kier molecular flexibility index (Phi) is 5.63. The molecular formula is C17H24N2OS2. The Morgan fingerprint density at radius 3 is 2.91 bits per heavy atom. The first-order valence-electron chi connectivity index (χ1n) is 8.04. The van der Waals surface area contributed by atoms with Crippen LogP contribution in [-0.2, 0) is 11.2 Å². The zero-order valence-electron chi connectivity index (χ0n) is 13.3. The minimum absolute atomic E-state index is 0.588. The fraction of sp³-hybridized carbons (Fsp3) is 0.588. The van der Waals surface area contributed by atoms with Gasteiger partial charge in [-0.2, -0.15) is 0 Å². The van der Waals surface area contributed by atoms with Crippen LogP contribution in [0.15, 0.2) is 17.5 Å². The lowest BCUT2D eigenvalue weighted by molar-refractivity contribution is 0.0561. The third kappa shape index (κ3) is 4.16. The minimum atomic E-state index is 0.588.